The van der Waals surface area contributed by atoms with Crippen LogP contribution in [0.25, 0.3) is 0 Å². The van der Waals surface area contributed by atoms with Crippen LogP contribution >= 0.6 is 0 Å². The van der Waals surface area contributed by atoms with Crippen molar-refractivity contribution >= 4 is 15.7 Å². The average Bonchev–Trinajstić information content (AvgIpc) is 2.34. The summed E-state index contributed by atoms with van der Waals surface area (Å²) in [5.74, 6) is 0. The number of benzene rings is 1. The molecule has 0 bridgehead atoms. The van der Waals surface area contributed by atoms with Crippen LogP contribution in [0.4, 0.5) is 5.69 Å². The first kappa shape index (κ1) is 13.4. The molecule has 2 N–H and O–H groups in total. The zero-order valence-corrected chi connectivity index (χ0v) is 11.4. The minimum absolute atomic E-state index is 0.298. The van der Waals surface area contributed by atoms with Gasteiger partial charge in [-0.25, -0.2) is 8.42 Å². The van der Waals surface area contributed by atoms with E-state index in [1.54, 1.807) is 12.1 Å². The molecule has 1 aromatic heterocycles. The fraction of sp³-hybridized carbons (Fsp3) is 0.154. The maximum atomic E-state index is 12.1. The van der Waals surface area contributed by atoms with Crippen molar-refractivity contribution in [3.63, 3.8) is 0 Å². The second-order valence-electron chi connectivity index (χ2n) is 4.28. The molecule has 0 saturated heterocycles. The lowest BCUT2D eigenvalue weighted by atomic mass is 10.1. The van der Waals surface area contributed by atoms with E-state index in [0.717, 1.165) is 11.1 Å². The van der Waals surface area contributed by atoms with Gasteiger partial charge >= 0.3 is 0 Å². The van der Waals surface area contributed by atoms with Gasteiger partial charge in [0.25, 0.3) is 10.0 Å². The van der Waals surface area contributed by atoms with E-state index >= 15 is 0 Å². The van der Waals surface area contributed by atoms with Crippen molar-refractivity contribution in [1.29, 1.82) is 0 Å². The first-order chi connectivity index (χ1) is 8.90. The molecule has 2 rings (SSSR count). The highest BCUT2D eigenvalue weighted by Gasteiger charge is 2.17. The number of pyridine rings is 1. The molecule has 6 heteroatoms. The standard InChI is InChI=1S/C13H14N2O3S/c1-9-3-4-11(7-10(9)2)15-19(17,18)13-8-14-6-5-12(13)16/h3-8,15H,1-2H3,(H,14,16). The highest BCUT2D eigenvalue weighted by molar-refractivity contribution is 7.92. The van der Waals surface area contributed by atoms with Crippen LogP contribution in [0.15, 0.2) is 46.3 Å². The van der Waals surface area contributed by atoms with Crippen LogP contribution in [0.1, 0.15) is 11.1 Å². The summed E-state index contributed by atoms with van der Waals surface area (Å²) in [5, 5.41) is 0. The molecule has 19 heavy (non-hydrogen) atoms. The van der Waals surface area contributed by atoms with E-state index in [2.05, 4.69) is 9.71 Å². The fourth-order valence-corrected chi connectivity index (χ4v) is 2.73. The minimum atomic E-state index is -3.87. The lowest BCUT2D eigenvalue weighted by molar-refractivity contribution is 0.600. The van der Waals surface area contributed by atoms with Gasteiger partial charge < -0.3 is 4.98 Å². The van der Waals surface area contributed by atoms with Crippen molar-refractivity contribution in [2.75, 3.05) is 4.72 Å². The van der Waals surface area contributed by atoms with Crippen molar-refractivity contribution in [3.05, 3.63) is 58.0 Å². The van der Waals surface area contributed by atoms with Gasteiger partial charge in [-0.1, -0.05) is 6.07 Å². The Labute approximate surface area is 111 Å². The van der Waals surface area contributed by atoms with Crippen LogP contribution in [0.3, 0.4) is 0 Å². The van der Waals surface area contributed by atoms with Gasteiger partial charge in [0, 0.05) is 24.1 Å². The molecule has 0 radical (unpaired) electrons. The molecular formula is C13H14N2O3S. The van der Waals surface area contributed by atoms with E-state index in [4.69, 9.17) is 0 Å². The predicted octanol–water partition coefficient (Wildman–Crippen LogP) is 1.79. The van der Waals surface area contributed by atoms with E-state index in [0.29, 0.717) is 5.69 Å². The predicted molar refractivity (Wildman–Crippen MR) is 73.8 cm³/mol. The molecular weight excluding hydrogens is 264 g/mol. The molecule has 0 unspecified atom stereocenters. The van der Waals surface area contributed by atoms with Gasteiger partial charge in [-0.05, 0) is 37.1 Å². The second-order valence-corrected chi connectivity index (χ2v) is 5.93. The first-order valence-corrected chi connectivity index (χ1v) is 7.15. The van der Waals surface area contributed by atoms with Crippen molar-refractivity contribution < 1.29 is 8.42 Å². The molecule has 0 saturated carbocycles. The normalized spacial score (nSPS) is 11.3. The largest absolute Gasteiger partial charge is 0.366 e. The summed E-state index contributed by atoms with van der Waals surface area (Å²) in [6, 6.07) is 6.39. The van der Waals surface area contributed by atoms with Crippen molar-refractivity contribution in [2.24, 2.45) is 0 Å². The van der Waals surface area contributed by atoms with E-state index in [1.807, 2.05) is 19.9 Å². The Kier molecular flexibility index (Phi) is 3.44. The third-order valence-electron chi connectivity index (χ3n) is 2.84. The van der Waals surface area contributed by atoms with Crippen LogP contribution in [0.2, 0.25) is 0 Å². The number of aryl methyl sites for hydroxylation is 2. The third-order valence-corrected chi connectivity index (χ3v) is 4.24. The molecule has 0 spiro atoms. The zero-order valence-electron chi connectivity index (χ0n) is 10.6. The highest BCUT2D eigenvalue weighted by Crippen LogP contribution is 2.17. The molecule has 0 amide bonds. The monoisotopic (exact) mass is 278 g/mol. The maximum Gasteiger partial charge on any atom is 0.267 e. The molecule has 0 aliphatic carbocycles. The van der Waals surface area contributed by atoms with Crippen molar-refractivity contribution in [1.82, 2.24) is 4.98 Å². The second kappa shape index (κ2) is 4.89. The molecule has 0 aliphatic heterocycles. The lowest BCUT2D eigenvalue weighted by Crippen LogP contribution is -2.20. The Balaban J connectivity index is 2.40. The molecule has 0 fully saturated rings. The molecule has 1 heterocycles. The Bertz CT molecular complexity index is 763. The Morgan fingerprint density at radius 2 is 1.84 bits per heavy atom. The van der Waals surface area contributed by atoms with Crippen LogP contribution in [0.5, 0.6) is 0 Å². The number of hydrogen-bond donors (Lipinski definition) is 2. The fourth-order valence-electron chi connectivity index (χ4n) is 1.63. The van der Waals surface area contributed by atoms with Crippen molar-refractivity contribution in [2.45, 2.75) is 18.7 Å². The Morgan fingerprint density at radius 3 is 2.47 bits per heavy atom. The minimum Gasteiger partial charge on any atom is -0.366 e. The number of H-pyrrole nitrogens is 1. The van der Waals surface area contributed by atoms with Gasteiger partial charge in [-0.2, -0.15) is 0 Å². The summed E-state index contributed by atoms with van der Waals surface area (Å²) in [7, 11) is -3.87. The number of nitrogens with one attached hydrogen (secondary N) is 2. The molecule has 1 aromatic carbocycles. The van der Waals surface area contributed by atoms with Gasteiger partial charge in [0.1, 0.15) is 0 Å². The number of sulfonamides is 1. The van der Waals surface area contributed by atoms with E-state index < -0.39 is 15.5 Å². The molecule has 5 nitrogen and oxygen atoms in total. The van der Waals surface area contributed by atoms with Gasteiger partial charge in [-0.3, -0.25) is 9.52 Å². The zero-order chi connectivity index (χ0) is 14.0. The van der Waals surface area contributed by atoms with Gasteiger partial charge in [0.05, 0.1) is 0 Å². The van der Waals surface area contributed by atoms with Crippen LogP contribution in [-0.4, -0.2) is 13.4 Å². The van der Waals surface area contributed by atoms with Crippen molar-refractivity contribution in [3.8, 4) is 0 Å². The Morgan fingerprint density at radius 1 is 1.11 bits per heavy atom. The Hall–Kier alpha value is -2.08. The summed E-state index contributed by atoms with van der Waals surface area (Å²) >= 11 is 0. The summed E-state index contributed by atoms with van der Waals surface area (Å²) < 4.78 is 26.6. The molecule has 0 aliphatic rings. The van der Waals surface area contributed by atoms with E-state index in [-0.39, 0.29) is 4.90 Å². The molecule has 2 aromatic rings. The average molecular weight is 278 g/mol. The molecule has 100 valence electrons. The van der Waals surface area contributed by atoms with Crippen LogP contribution in [-0.2, 0) is 10.0 Å². The van der Waals surface area contributed by atoms with Gasteiger partial charge in [-0.15, -0.1) is 0 Å². The lowest BCUT2D eigenvalue weighted by Gasteiger charge is -2.09. The SMILES string of the molecule is Cc1ccc(NS(=O)(=O)c2c[nH]ccc2=O)cc1C. The number of aromatic nitrogens is 1. The summed E-state index contributed by atoms with van der Waals surface area (Å²) in [5.41, 5.74) is 1.93. The van der Waals surface area contributed by atoms with Gasteiger partial charge in [0.15, 0.2) is 4.90 Å². The summed E-state index contributed by atoms with van der Waals surface area (Å²) in [6.45, 7) is 3.83. The van der Waals surface area contributed by atoms with E-state index in [9.17, 15) is 13.2 Å². The van der Waals surface area contributed by atoms with Gasteiger partial charge in [0.2, 0.25) is 5.43 Å². The number of anilines is 1. The number of aromatic amines is 1. The maximum absolute atomic E-state index is 12.1. The summed E-state index contributed by atoms with van der Waals surface area (Å²) in [6.07, 6.45) is 2.56. The van der Waals surface area contributed by atoms with E-state index in [1.165, 1.54) is 18.5 Å². The molecule has 0 atom stereocenters. The topological polar surface area (TPSA) is 79.0 Å². The summed E-state index contributed by atoms with van der Waals surface area (Å²) in [4.78, 5) is 13.8. The van der Waals surface area contributed by atoms with Crippen LogP contribution in [0, 0.1) is 13.8 Å². The third kappa shape index (κ3) is 2.85. The number of hydrogen-bond acceptors (Lipinski definition) is 3. The first-order valence-electron chi connectivity index (χ1n) is 5.67. The van der Waals surface area contributed by atoms with Crippen LogP contribution < -0.4 is 10.2 Å². The highest BCUT2D eigenvalue weighted by atomic mass is 32.2. The smallest absolute Gasteiger partial charge is 0.267 e. The number of rotatable bonds is 3. The quantitative estimate of drug-likeness (QED) is 0.898.